The van der Waals surface area contributed by atoms with Crippen LogP contribution in [0.5, 0.6) is 23.0 Å². The van der Waals surface area contributed by atoms with Crippen LogP contribution in [-0.4, -0.2) is 51.5 Å². The first-order valence-electron chi connectivity index (χ1n) is 13.3. The number of hydrogen-bond donors (Lipinski definition) is 2. The van der Waals surface area contributed by atoms with Crippen molar-refractivity contribution in [2.45, 2.75) is 92.8 Å². The van der Waals surface area contributed by atoms with Crippen LogP contribution in [0.3, 0.4) is 0 Å². The van der Waals surface area contributed by atoms with Crippen LogP contribution in [0.2, 0.25) is 51.4 Å². The standard InChI is InChI=1S/C15H22O4Si.C14H20O4Si.CH4/c1-9-11-8-19-15(17)12(11)14(10(2)13(9)16)18-6-7-20(3,4)5;1-9-10-8-18-14(16)13(10)12(7-11(9)15)17-5-6-19(2,3)4;/h16H,6-8H2,1-5H3;7,15H,5-6,8H2,1-4H3;1H4. The Bertz CT molecular complexity index is 1270. The first kappa shape index (κ1) is 33.2. The minimum absolute atomic E-state index is 0. The Morgan fingerprint density at radius 2 is 1.23 bits per heavy atom. The van der Waals surface area contributed by atoms with Gasteiger partial charge in [0.15, 0.2) is 0 Å². The number of hydrogen-bond acceptors (Lipinski definition) is 8. The summed E-state index contributed by atoms with van der Waals surface area (Å²) in [6, 6.07) is 3.53. The van der Waals surface area contributed by atoms with Gasteiger partial charge in [-0.25, -0.2) is 9.59 Å². The van der Waals surface area contributed by atoms with E-state index in [1.54, 1.807) is 20.8 Å². The fraction of sp³-hybridized carbons (Fsp3) is 0.533. The van der Waals surface area contributed by atoms with Gasteiger partial charge in [-0.05, 0) is 44.0 Å². The van der Waals surface area contributed by atoms with E-state index in [0.29, 0.717) is 52.5 Å². The van der Waals surface area contributed by atoms with Crippen LogP contribution >= 0.6 is 0 Å². The lowest BCUT2D eigenvalue weighted by Crippen LogP contribution is -2.23. The van der Waals surface area contributed by atoms with Crippen LogP contribution in [-0.2, 0) is 22.7 Å². The lowest BCUT2D eigenvalue weighted by atomic mass is 9.98. The molecular formula is C30H46O8Si2. The van der Waals surface area contributed by atoms with Crippen LogP contribution in [0.15, 0.2) is 6.07 Å². The second-order valence-electron chi connectivity index (χ2n) is 12.6. The predicted octanol–water partition coefficient (Wildman–Crippen LogP) is 7.12. The quantitative estimate of drug-likeness (QED) is 0.247. The summed E-state index contributed by atoms with van der Waals surface area (Å²) >= 11 is 0. The molecule has 0 unspecified atom stereocenters. The second kappa shape index (κ2) is 12.7. The average Bonchev–Trinajstić information content (AvgIpc) is 3.40. The first-order chi connectivity index (χ1) is 18.0. The van der Waals surface area contributed by atoms with Gasteiger partial charge in [-0.2, -0.15) is 0 Å². The lowest BCUT2D eigenvalue weighted by Gasteiger charge is -2.19. The molecule has 40 heavy (non-hydrogen) atoms. The lowest BCUT2D eigenvalue weighted by molar-refractivity contribution is 0.0523. The third-order valence-electron chi connectivity index (χ3n) is 7.00. The molecule has 10 heteroatoms. The van der Waals surface area contributed by atoms with Gasteiger partial charge in [0.2, 0.25) is 0 Å². The van der Waals surface area contributed by atoms with Crippen molar-refractivity contribution in [3.63, 3.8) is 0 Å². The number of rotatable bonds is 8. The van der Waals surface area contributed by atoms with E-state index in [1.807, 2.05) is 0 Å². The van der Waals surface area contributed by atoms with E-state index in [9.17, 15) is 19.8 Å². The van der Waals surface area contributed by atoms with Gasteiger partial charge in [0.25, 0.3) is 0 Å². The molecule has 2 aromatic rings. The summed E-state index contributed by atoms with van der Waals surface area (Å²) in [4.78, 5) is 23.6. The molecule has 0 aliphatic carbocycles. The fourth-order valence-electron chi connectivity index (χ4n) is 4.28. The zero-order valence-corrected chi connectivity index (χ0v) is 26.7. The Hall–Kier alpha value is -2.99. The summed E-state index contributed by atoms with van der Waals surface area (Å²) < 4.78 is 21.6. The highest BCUT2D eigenvalue weighted by Crippen LogP contribution is 2.41. The van der Waals surface area contributed by atoms with Crippen molar-refractivity contribution in [3.8, 4) is 23.0 Å². The second-order valence-corrected chi connectivity index (χ2v) is 23.9. The molecule has 0 radical (unpaired) electrons. The molecule has 0 saturated carbocycles. The van der Waals surface area contributed by atoms with Crippen molar-refractivity contribution in [1.29, 1.82) is 0 Å². The molecular weight excluding hydrogens is 544 g/mol. The number of carbonyl (C=O) groups is 2. The largest absolute Gasteiger partial charge is 0.508 e. The van der Waals surface area contributed by atoms with Gasteiger partial charge in [-0.3, -0.25) is 0 Å². The van der Waals surface area contributed by atoms with Crippen LogP contribution in [0.4, 0.5) is 0 Å². The smallest absolute Gasteiger partial charge is 0.342 e. The Morgan fingerprint density at radius 1 is 0.750 bits per heavy atom. The number of cyclic esters (lactones) is 2. The molecule has 0 saturated heterocycles. The van der Waals surface area contributed by atoms with Crippen molar-refractivity contribution in [1.82, 2.24) is 0 Å². The summed E-state index contributed by atoms with van der Waals surface area (Å²) in [5, 5.41) is 20.0. The third kappa shape index (κ3) is 7.60. The summed E-state index contributed by atoms with van der Waals surface area (Å²) in [7, 11) is -2.38. The van der Waals surface area contributed by atoms with Crippen LogP contribution in [0.25, 0.3) is 0 Å². The van der Waals surface area contributed by atoms with E-state index in [4.69, 9.17) is 18.9 Å². The van der Waals surface area contributed by atoms with E-state index in [2.05, 4.69) is 39.3 Å². The summed E-state index contributed by atoms with van der Waals surface area (Å²) in [6.45, 7) is 20.5. The van der Waals surface area contributed by atoms with Crippen molar-refractivity contribution >= 4 is 28.1 Å². The highest BCUT2D eigenvalue weighted by Gasteiger charge is 2.32. The number of benzene rings is 2. The third-order valence-corrected chi connectivity index (χ3v) is 10.4. The van der Waals surface area contributed by atoms with Gasteiger partial charge in [0.05, 0.1) is 13.2 Å². The molecule has 0 bridgehead atoms. The zero-order chi connectivity index (χ0) is 29.3. The number of ether oxygens (including phenoxy) is 4. The number of esters is 2. The van der Waals surface area contributed by atoms with Crippen LogP contribution < -0.4 is 9.47 Å². The molecule has 0 atom stereocenters. The molecule has 0 fully saturated rings. The van der Waals surface area contributed by atoms with E-state index in [1.165, 1.54) is 6.07 Å². The normalized spacial score (nSPS) is 13.8. The van der Waals surface area contributed by atoms with E-state index >= 15 is 0 Å². The molecule has 2 heterocycles. The maximum absolute atomic E-state index is 11.9. The number of fused-ring (bicyclic) bond motifs is 2. The molecule has 2 aromatic carbocycles. The molecule has 4 rings (SSSR count). The number of aromatic hydroxyl groups is 2. The van der Waals surface area contributed by atoms with Gasteiger partial charge in [0, 0.05) is 38.9 Å². The molecule has 0 amide bonds. The Balaban J connectivity index is 0.000000274. The number of carbonyl (C=O) groups excluding carboxylic acids is 2. The number of phenolic OH excluding ortho intramolecular Hbond substituents is 2. The topological polar surface area (TPSA) is 112 Å². The minimum Gasteiger partial charge on any atom is -0.508 e. The van der Waals surface area contributed by atoms with Crippen molar-refractivity contribution in [3.05, 3.63) is 45.0 Å². The Labute approximate surface area is 240 Å². The Morgan fingerprint density at radius 3 is 1.75 bits per heavy atom. The maximum Gasteiger partial charge on any atom is 0.342 e. The zero-order valence-electron chi connectivity index (χ0n) is 24.7. The Kier molecular flexibility index (Phi) is 10.5. The van der Waals surface area contributed by atoms with Crippen LogP contribution in [0.1, 0.15) is 56.0 Å². The van der Waals surface area contributed by atoms with E-state index in [0.717, 1.165) is 23.2 Å². The fourth-order valence-corrected chi connectivity index (χ4v) is 5.71. The minimum atomic E-state index is -1.20. The van der Waals surface area contributed by atoms with Crippen molar-refractivity contribution < 1.29 is 38.7 Å². The number of phenols is 2. The average molecular weight is 591 g/mol. The molecule has 0 spiro atoms. The van der Waals surface area contributed by atoms with E-state index in [-0.39, 0.29) is 44.1 Å². The summed E-state index contributed by atoms with van der Waals surface area (Å²) in [5.41, 5.74) is 4.49. The predicted molar refractivity (Wildman–Crippen MR) is 163 cm³/mol. The monoisotopic (exact) mass is 590 g/mol. The van der Waals surface area contributed by atoms with E-state index < -0.39 is 16.1 Å². The van der Waals surface area contributed by atoms with Crippen LogP contribution in [0, 0.1) is 20.8 Å². The van der Waals surface area contributed by atoms with Gasteiger partial charge < -0.3 is 29.2 Å². The summed E-state index contributed by atoms with van der Waals surface area (Å²) in [5.74, 6) is 0.572. The molecule has 2 aliphatic rings. The molecule has 2 N–H and O–H groups in total. The highest BCUT2D eigenvalue weighted by molar-refractivity contribution is 6.76. The van der Waals surface area contributed by atoms with Crippen molar-refractivity contribution in [2.24, 2.45) is 0 Å². The van der Waals surface area contributed by atoms with Gasteiger partial charge in [0.1, 0.15) is 47.3 Å². The highest BCUT2D eigenvalue weighted by atomic mass is 28.3. The molecule has 222 valence electrons. The van der Waals surface area contributed by atoms with Gasteiger partial charge in [-0.1, -0.05) is 46.7 Å². The molecule has 8 nitrogen and oxygen atoms in total. The van der Waals surface area contributed by atoms with Gasteiger partial charge >= 0.3 is 11.9 Å². The van der Waals surface area contributed by atoms with Crippen molar-refractivity contribution in [2.75, 3.05) is 13.2 Å². The summed E-state index contributed by atoms with van der Waals surface area (Å²) in [6.07, 6.45) is 0. The van der Waals surface area contributed by atoms with Gasteiger partial charge in [-0.15, -0.1) is 0 Å². The molecule has 0 aromatic heterocycles. The SMILES string of the molecule is C.Cc1c(O)c(C)c(OCC[Si](C)(C)C)c2c1COC2=O.Cc1c(O)cc(OCC[Si](C)(C)C)c2c1COC2=O. The first-order valence-corrected chi connectivity index (χ1v) is 20.7. The molecule has 2 aliphatic heterocycles. The maximum atomic E-state index is 11.9.